The number of benzene rings is 1. The SMILES string of the molecule is CC(C)(C)C1CCN(c2cc(Br)ccc2C(N)=S)C1. The van der Waals surface area contributed by atoms with Crippen LogP contribution >= 0.6 is 28.1 Å². The lowest BCUT2D eigenvalue weighted by molar-refractivity contribution is 0.263. The van der Waals surface area contributed by atoms with Crippen LogP contribution in [0.4, 0.5) is 5.69 Å². The number of thiocarbonyl (C=S) groups is 1. The second-order valence-corrected chi connectivity index (χ2v) is 7.68. The third-order valence-electron chi connectivity index (χ3n) is 3.98. The van der Waals surface area contributed by atoms with E-state index in [-0.39, 0.29) is 0 Å². The van der Waals surface area contributed by atoms with Crippen molar-refractivity contribution < 1.29 is 0 Å². The molecule has 0 aliphatic carbocycles. The van der Waals surface area contributed by atoms with E-state index in [1.165, 1.54) is 6.42 Å². The normalized spacial score (nSPS) is 19.8. The van der Waals surface area contributed by atoms with Crippen LogP contribution in [-0.2, 0) is 0 Å². The molecule has 2 N–H and O–H groups in total. The van der Waals surface area contributed by atoms with E-state index in [1.54, 1.807) is 0 Å². The first-order chi connectivity index (χ1) is 8.79. The highest BCUT2D eigenvalue weighted by Crippen LogP contribution is 2.37. The van der Waals surface area contributed by atoms with Gasteiger partial charge in [-0.3, -0.25) is 0 Å². The zero-order valence-electron chi connectivity index (χ0n) is 11.7. The van der Waals surface area contributed by atoms with Gasteiger partial charge in [0.2, 0.25) is 0 Å². The van der Waals surface area contributed by atoms with E-state index >= 15 is 0 Å². The van der Waals surface area contributed by atoms with Crippen molar-refractivity contribution in [2.24, 2.45) is 17.1 Å². The van der Waals surface area contributed by atoms with E-state index in [0.717, 1.165) is 28.8 Å². The van der Waals surface area contributed by atoms with E-state index in [1.807, 2.05) is 12.1 Å². The first-order valence-electron chi connectivity index (χ1n) is 6.63. The molecule has 0 radical (unpaired) electrons. The molecule has 0 aromatic heterocycles. The summed E-state index contributed by atoms with van der Waals surface area (Å²) in [6, 6.07) is 6.13. The molecule has 0 saturated carbocycles. The Morgan fingerprint density at radius 1 is 1.42 bits per heavy atom. The molecule has 19 heavy (non-hydrogen) atoms. The number of rotatable bonds is 2. The summed E-state index contributed by atoms with van der Waals surface area (Å²) >= 11 is 8.70. The molecule has 0 spiro atoms. The van der Waals surface area contributed by atoms with Crippen LogP contribution in [0, 0.1) is 11.3 Å². The summed E-state index contributed by atoms with van der Waals surface area (Å²) in [6.07, 6.45) is 1.23. The summed E-state index contributed by atoms with van der Waals surface area (Å²) in [5.74, 6) is 0.714. The van der Waals surface area contributed by atoms with E-state index in [9.17, 15) is 0 Å². The molecule has 1 atom stereocenters. The highest BCUT2D eigenvalue weighted by Gasteiger charge is 2.32. The van der Waals surface area contributed by atoms with Gasteiger partial charge in [0.1, 0.15) is 4.99 Å². The van der Waals surface area contributed by atoms with E-state index in [4.69, 9.17) is 18.0 Å². The van der Waals surface area contributed by atoms with E-state index in [2.05, 4.69) is 47.7 Å². The van der Waals surface area contributed by atoms with Crippen LogP contribution in [0.15, 0.2) is 22.7 Å². The van der Waals surface area contributed by atoms with Gasteiger partial charge in [-0.15, -0.1) is 0 Å². The molecule has 1 heterocycles. The van der Waals surface area contributed by atoms with Crippen LogP contribution in [0.3, 0.4) is 0 Å². The van der Waals surface area contributed by atoms with Crippen molar-refractivity contribution in [3.05, 3.63) is 28.2 Å². The molecule has 1 saturated heterocycles. The zero-order valence-corrected chi connectivity index (χ0v) is 14.1. The highest BCUT2D eigenvalue weighted by molar-refractivity contribution is 9.10. The van der Waals surface area contributed by atoms with Gasteiger partial charge in [-0.1, -0.05) is 48.9 Å². The van der Waals surface area contributed by atoms with Crippen molar-refractivity contribution in [2.45, 2.75) is 27.2 Å². The Labute approximate surface area is 129 Å². The standard InChI is InChI=1S/C15H21BrN2S/c1-15(2,3)10-6-7-18(9-10)13-8-11(16)4-5-12(13)14(17)19/h4-5,8,10H,6-7,9H2,1-3H3,(H2,17,19). The number of nitrogens with two attached hydrogens (primary N) is 1. The summed E-state index contributed by atoms with van der Waals surface area (Å²) in [6.45, 7) is 9.10. The first kappa shape index (κ1) is 14.8. The van der Waals surface area contributed by atoms with E-state index < -0.39 is 0 Å². The van der Waals surface area contributed by atoms with Crippen LogP contribution in [0.5, 0.6) is 0 Å². The number of hydrogen-bond acceptors (Lipinski definition) is 2. The van der Waals surface area contributed by atoms with Crippen LogP contribution in [0.1, 0.15) is 32.8 Å². The number of halogens is 1. The molecule has 1 aliphatic heterocycles. The Kier molecular flexibility index (Phi) is 4.21. The van der Waals surface area contributed by atoms with Gasteiger partial charge < -0.3 is 10.6 Å². The summed E-state index contributed by atoms with van der Waals surface area (Å²) < 4.78 is 1.07. The lowest BCUT2D eigenvalue weighted by Crippen LogP contribution is -2.27. The van der Waals surface area contributed by atoms with Crippen LogP contribution in [0.25, 0.3) is 0 Å². The van der Waals surface area contributed by atoms with Crippen LogP contribution < -0.4 is 10.6 Å². The third kappa shape index (κ3) is 3.29. The van der Waals surface area contributed by atoms with Gasteiger partial charge in [0.15, 0.2) is 0 Å². The molecule has 4 heteroatoms. The molecule has 2 rings (SSSR count). The fraction of sp³-hybridized carbons (Fsp3) is 0.533. The van der Waals surface area contributed by atoms with Gasteiger partial charge in [0.25, 0.3) is 0 Å². The van der Waals surface area contributed by atoms with Crippen LogP contribution in [0.2, 0.25) is 0 Å². The average Bonchev–Trinajstić information content (AvgIpc) is 2.77. The minimum atomic E-state index is 0.351. The minimum Gasteiger partial charge on any atom is -0.389 e. The topological polar surface area (TPSA) is 29.3 Å². The zero-order chi connectivity index (χ0) is 14.2. The summed E-state index contributed by atoms with van der Waals surface area (Å²) in [5.41, 5.74) is 8.33. The molecule has 1 aromatic rings. The second kappa shape index (κ2) is 5.41. The Morgan fingerprint density at radius 3 is 2.63 bits per heavy atom. The molecule has 0 bridgehead atoms. The Bertz CT molecular complexity index is 493. The molecule has 1 unspecified atom stereocenters. The summed E-state index contributed by atoms with van der Waals surface area (Å²) in [7, 11) is 0. The van der Waals surface area contributed by atoms with Gasteiger partial charge >= 0.3 is 0 Å². The molecule has 1 fully saturated rings. The van der Waals surface area contributed by atoms with Crippen molar-refractivity contribution in [3.8, 4) is 0 Å². The molecular formula is C15H21BrN2S. The number of nitrogens with zero attached hydrogens (tertiary/aromatic N) is 1. The lowest BCUT2D eigenvalue weighted by Gasteiger charge is -2.28. The Balaban J connectivity index is 2.28. The van der Waals surface area contributed by atoms with Crippen molar-refractivity contribution in [1.29, 1.82) is 0 Å². The molecule has 1 aliphatic rings. The monoisotopic (exact) mass is 340 g/mol. The van der Waals surface area contributed by atoms with Crippen molar-refractivity contribution in [3.63, 3.8) is 0 Å². The molecule has 0 amide bonds. The lowest BCUT2D eigenvalue weighted by atomic mass is 9.80. The van der Waals surface area contributed by atoms with Gasteiger partial charge in [-0.25, -0.2) is 0 Å². The predicted molar refractivity (Wildman–Crippen MR) is 89.8 cm³/mol. The summed E-state index contributed by atoms with van der Waals surface area (Å²) in [5, 5.41) is 0. The molecule has 104 valence electrons. The van der Waals surface area contributed by atoms with Gasteiger partial charge in [-0.2, -0.15) is 0 Å². The molecule has 1 aromatic carbocycles. The highest BCUT2D eigenvalue weighted by atomic mass is 79.9. The maximum absolute atomic E-state index is 5.84. The Morgan fingerprint density at radius 2 is 2.11 bits per heavy atom. The number of anilines is 1. The van der Waals surface area contributed by atoms with Gasteiger partial charge in [0, 0.05) is 28.8 Å². The first-order valence-corrected chi connectivity index (χ1v) is 7.83. The molecule has 2 nitrogen and oxygen atoms in total. The fourth-order valence-corrected chi connectivity index (χ4v) is 3.18. The van der Waals surface area contributed by atoms with E-state index in [0.29, 0.717) is 16.3 Å². The van der Waals surface area contributed by atoms with Crippen molar-refractivity contribution >= 4 is 38.8 Å². The smallest absolute Gasteiger partial charge is 0.106 e. The molecular weight excluding hydrogens is 320 g/mol. The quantitative estimate of drug-likeness (QED) is 0.826. The minimum absolute atomic E-state index is 0.351. The summed E-state index contributed by atoms with van der Waals surface area (Å²) in [4.78, 5) is 2.89. The maximum atomic E-state index is 5.84. The number of hydrogen-bond donors (Lipinski definition) is 1. The van der Waals surface area contributed by atoms with Gasteiger partial charge in [-0.05, 0) is 36.0 Å². The van der Waals surface area contributed by atoms with Crippen molar-refractivity contribution in [2.75, 3.05) is 18.0 Å². The second-order valence-electron chi connectivity index (χ2n) is 6.32. The van der Waals surface area contributed by atoms with Crippen LogP contribution in [-0.4, -0.2) is 18.1 Å². The maximum Gasteiger partial charge on any atom is 0.106 e. The van der Waals surface area contributed by atoms with Gasteiger partial charge in [0.05, 0.1) is 0 Å². The predicted octanol–water partition coefficient (Wildman–Crippen LogP) is 3.96. The third-order valence-corrected chi connectivity index (χ3v) is 4.69. The Hall–Kier alpha value is -0.610. The fourth-order valence-electron chi connectivity index (χ4n) is 2.66. The average molecular weight is 341 g/mol. The van der Waals surface area contributed by atoms with Crippen molar-refractivity contribution in [1.82, 2.24) is 0 Å². The largest absolute Gasteiger partial charge is 0.389 e.